The Morgan fingerprint density at radius 3 is 2.56 bits per heavy atom. The highest BCUT2D eigenvalue weighted by Gasteiger charge is 2.33. The largest absolute Gasteiger partial charge is 0.467 e. The van der Waals surface area contributed by atoms with Gasteiger partial charge < -0.3 is 9.32 Å². The molecular weight excluding hydrogens is 357 g/mol. The molecule has 0 bridgehead atoms. The Morgan fingerprint density at radius 2 is 1.96 bits per heavy atom. The average Bonchev–Trinajstić information content (AvgIpc) is 2.98. The van der Waals surface area contributed by atoms with E-state index in [-0.39, 0.29) is 13.1 Å². The molecule has 0 atom stereocenters. The number of carbonyl (C=O) groups excluding carboxylic acids is 1. The fourth-order valence-electron chi connectivity index (χ4n) is 2.37. The van der Waals surface area contributed by atoms with E-state index in [1.807, 2.05) is 6.07 Å². The predicted octanol–water partition coefficient (Wildman–Crippen LogP) is 3.96. The monoisotopic (exact) mass is 374 g/mol. The van der Waals surface area contributed by atoms with Crippen LogP contribution in [0.25, 0.3) is 0 Å². The van der Waals surface area contributed by atoms with Crippen molar-refractivity contribution < 1.29 is 22.4 Å². The van der Waals surface area contributed by atoms with Crippen LogP contribution in [0.2, 0.25) is 5.02 Å². The molecular formula is C17H18ClF3N2O2. The molecule has 0 aliphatic rings. The number of hydrogen-bond acceptors (Lipinski definition) is 3. The van der Waals surface area contributed by atoms with E-state index in [2.05, 4.69) is 0 Å². The number of rotatable bonds is 7. The van der Waals surface area contributed by atoms with Gasteiger partial charge in [-0.2, -0.15) is 13.2 Å². The third-order valence-corrected chi connectivity index (χ3v) is 3.63. The molecule has 0 spiro atoms. The number of alkyl halides is 3. The van der Waals surface area contributed by atoms with Crippen molar-refractivity contribution in [3.8, 4) is 0 Å². The molecule has 8 heteroatoms. The molecule has 1 aromatic heterocycles. The Bertz CT molecular complexity index is 689. The van der Waals surface area contributed by atoms with Crippen LogP contribution in [0.15, 0.2) is 47.1 Å². The number of hydrogen-bond donors (Lipinski definition) is 0. The van der Waals surface area contributed by atoms with Crippen LogP contribution >= 0.6 is 11.6 Å². The molecule has 1 amide bonds. The smallest absolute Gasteiger partial charge is 0.406 e. The van der Waals surface area contributed by atoms with E-state index in [1.165, 1.54) is 12.3 Å². The Morgan fingerprint density at radius 1 is 1.20 bits per heavy atom. The van der Waals surface area contributed by atoms with Crippen molar-refractivity contribution in [2.45, 2.75) is 19.3 Å². The van der Waals surface area contributed by atoms with E-state index in [0.717, 1.165) is 10.5 Å². The number of nitrogens with zero attached hydrogens (tertiary/aromatic N) is 2. The molecule has 0 saturated heterocycles. The third kappa shape index (κ3) is 6.80. The normalized spacial score (nSPS) is 11.8. The first-order chi connectivity index (χ1) is 11.7. The summed E-state index contributed by atoms with van der Waals surface area (Å²) in [4.78, 5) is 14.7. The van der Waals surface area contributed by atoms with E-state index in [1.54, 1.807) is 36.2 Å². The number of furan rings is 1. The minimum absolute atomic E-state index is 0.150. The summed E-state index contributed by atoms with van der Waals surface area (Å²) >= 11 is 5.91. The fraction of sp³-hybridized carbons (Fsp3) is 0.353. The number of carbonyl (C=O) groups is 1. The van der Waals surface area contributed by atoms with Gasteiger partial charge in [-0.05, 0) is 36.9 Å². The maximum absolute atomic E-state index is 12.8. The van der Waals surface area contributed by atoms with Crippen LogP contribution in [0.4, 0.5) is 13.2 Å². The zero-order chi connectivity index (χ0) is 18.4. The minimum Gasteiger partial charge on any atom is -0.467 e. The van der Waals surface area contributed by atoms with Gasteiger partial charge in [0.05, 0.1) is 19.4 Å². The first kappa shape index (κ1) is 19.3. The van der Waals surface area contributed by atoms with Gasteiger partial charge in [-0.15, -0.1) is 0 Å². The van der Waals surface area contributed by atoms with E-state index in [9.17, 15) is 18.0 Å². The van der Waals surface area contributed by atoms with Gasteiger partial charge in [0, 0.05) is 11.6 Å². The van der Waals surface area contributed by atoms with Crippen LogP contribution in [-0.2, 0) is 17.9 Å². The first-order valence-corrected chi connectivity index (χ1v) is 7.90. The second-order valence-corrected chi connectivity index (χ2v) is 6.18. The van der Waals surface area contributed by atoms with Crippen LogP contribution in [0.1, 0.15) is 11.3 Å². The molecule has 25 heavy (non-hydrogen) atoms. The topological polar surface area (TPSA) is 36.7 Å². The summed E-state index contributed by atoms with van der Waals surface area (Å²) in [5, 5.41) is 0.564. The maximum Gasteiger partial charge on any atom is 0.406 e. The number of benzene rings is 1. The third-order valence-electron chi connectivity index (χ3n) is 3.40. The maximum atomic E-state index is 12.8. The highest BCUT2D eigenvalue weighted by atomic mass is 35.5. The SMILES string of the molecule is CN(CC(=O)N(Cc1ccco1)CC(F)(F)F)Cc1cccc(Cl)c1. The predicted molar refractivity (Wildman–Crippen MR) is 88.0 cm³/mol. The molecule has 0 saturated carbocycles. The van der Waals surface area contributed by atoms with Crippen LogP contribution in [0, 0.1) is 0 Å². The van der Waals surface area contributed by atoms with Crippen LogP contribution in [-0.4, -0.2) is 42.0 Å². The Kier molecular flexibility index (Phi) is 6.50. The molecule has 2 aromatic rings. The lowest BCUT2D eigenvalue weighted by Crippen LogP contribution is -2.43. The summed E-state index contributed by atoms with van der Waals surface area (Å²) in [6.45, 7) is -1.30. The van der Waals surface area contributed by atoms with Crippen LogP contribution < -0.4 is 0 Å². The fourth-order valence-corrected chi connectivity index (χ4v) is 2.59. The molecule has 0 N–H and O–H groups in total. The average molecular weight is 375 g/mol. The molecule has 1 aromatic carbocycles. The number of amides is 1. The zero-order valence-electron chi connectivity index (χ0n) is 13.6. The van der Waals surface area contributed by atoms with Gasteiger partial charge in [-0.25, -0.2) is 0 Å². The summed E-state index contributed by atoms with van der Waals surface area (Å²) in [6, 6.07) is 10.2. The summed E-state index contributed by atoms with van der Waals surface area (Å²) < 4.78 is 43.4. The Balaban J connectivity index is 1.99. The number of halogens is 4. The molecule has 0 fully saturated rings. The molecule has 0 radical (unpaired) electrons. The highest BCUT2D eigenvalue weighted by molar-refractivity contribution is 6.30. The van der Waals surface area contributed by atoms with Crippen molar-refractivity contribution in [2.24, 2.45) is 0 Å². The second kappa shape index (κ2) is 8.40. The number of likely N-dealkylation sites (N-methyl/N-ethyl adjacent to an activating group) is 1. The van der Waals surface area contributed by atoms with E-state index in [0.29, 0.717) is 17.3 Å². The van der Waals surface area contributed by atoms with Gasteiger partial charge in [-0.3, -0.25) is 9.69 Å². The molecule has 2 rings (SSSR count). The van der Waals surface area contributed by atoms with Gasteiger partial charge in [0.1, 0.15) is 12.3 Å². The molecule has 0 aliphatic heterocycles. The molecule has 4 nitrogen and oxygen atoms in total. The standard InChI is InChI=1S/C17H18ClF3N2O2/c1-22(9-13-4-2-5-14(18)8-13)11-16(24)23(12-17(19,20)21)10-15-6-3-7-25-15/h2-8H,9-12H2,1H3. The summed E-state index contributed by atoms with van der Waals surface area (Å²) in [7, 11) is 1.66. The Labute approximate surface area is 148 Å². The van der Waals surface area contributed by atoms with Crippen LogP contribution in [0.5, 0.6) is 0 Å². The van der Waals surface area contributed by atoms with Gasteiger partial charge in [0.25, 0.3) is 0 Å². The van der Waals surface area contributed by atoms with Gasteiger partial charge in [-0.1, -0.05) is 23.7 Å². The van der Waals surface area contributed by atoms with Crippen molar-refractivity contribution in [3.63, 3.8) is 0 Å². The summed E-state index contributed by atoms with van der Waals surface area (Å²) in [6.07, 6.45) is -3.12. The minimum atomic E-state index is -4.48. The molecule has 136 valence electrons. The molecule has 0 unspecified atom stereocenters. The van der Waals surface area contributed by atoms with Crippen LogP contribution in [0.3, 0.4) is 0 Å². The van der Waals surface area contributed by atoms with Crippen molar-refractivity contribution in [2.75, 3.05) is 20.1 Å². The summed E-state index contributed by atoms with van der Waals surface area (Å²) in [5.41, 5.74) is 0.871. The van der Waals surface area contributed by atoms with Gasteiger partial charge in [0.15, 0.2) is 0 Å². The molecule has 1 heterocycles. The van der Waals surface area contributed by atoms with Crippen molar-refractivity contribution in [3.05, 3.63) is 59.0 Å². The van der Waals surface area contributed by atoms with Gasteiger partial charge in [0.2, 0.25) is 5.91 Å². The lowest BCUT2D eigenvalue weighted by molar-refractivity contribution is -0.163. The lowest BCUT2D eigenvalue weighted by Gasteiger charge is -2.25. The van der Waals surface area contributed by atoms with E-state index >= 15 is 0 Å². The Hall–Kier alpha value is -1.99. The second-order valence-electron chi connectivity index (χ2n) is 5.75. The molecule has 0 aliphatic carbocycles. The summed E-state index contributed by atoms with van der Waals surface area (Å²) in [5.74, 6) is -0.326. The lowest BCUT2D eigenvalue weighted by atomic mass is 10.2. The zero-order valence-corrected chi connectivity index (χ0v) is 14.3. The first-order valence-electron chi connectivity index (χ1n) is 7.53. The quantitative estimate of drug-likeness (QED) is 0.736. The van der Waals surface area contributed by atoms with Crippen molar-refractivity contribution in [1.29, 1.82) is 0 Å². The van der Waals surface area contributed by atoms with E-state index in [4.69, 9.17) is 16.0 Å². The van der Waals surface area contributed by atoms with Gasteiger partial charge >= 0.3 is 6.18 Å². The highest BCUT2D eigenvalue weighted by Crippen LogP contribution is 2.19. The van der Waals surface area contributed by atoms with E-state index < -0.39 is 18.6 Å². The van der Waals surface area contributed by atoms with Crippen molar-refractivity contribution >= 4 is 17.5 Å². The van der Waals surface area contributed by atoms with Crippen molar-refractivity contribution in [1.82, 2.24) is 9.80 Å².